The lowest BCUT2D eigenvalue weighted by Gasteiger charge is -1.88. The zero-order chi connectivity index (χ0) is 6.97. The van der Waals surface area contributed by atoms with Gasteiger partial charge in [0.1, 0.15) is 0 Å². The molecule has 0 radical (unpaired) electrons. The second-order valence-corrected chi connectivity index (χ2v) is 2.85. The van der Waals surface area contributed by atoms with Crippen molar-refractivity contribution in [2.45, 2.75) is 0 Å². The van der Waals surface area contributed by atoms with Crippen LogP contribution in [0.4, 0.5) is 5.95 Å². The molecule has 2 rings (SSSR count). The van der Waals surface area contributed by atoms with Gasteiger partial charge in [0.2, 0.25) is 5.95 Å². The molecule has 0 saturated heterocycles. The first-order valence-corrected chi connectivity index (χ1v) is 3.70. The minimum absolute atomic E-state index is 0.339. The average Bonchev–Trinajstić information content (AvgIpc) is 2.33. The Kier molecular flexibility index (Phi) is 1.07. The monoisotopic (exact) mass is 151 g/mol. The van der Waals surface area contributed by atoms with Crippen LogP contribution >= 0.6 is 11.3 Å². The molecule has 0 spiro atoms. The summed E-state index contributed by atoms with van der Waals surface area (Å²) >= 11 is 1.62. The summed E-state index contributed by atoms with van der Waals surface area (Å²) in [5.41, 5.74) is 6.29. The van der Waals surface area contributed by atoms with Gasteiger partial charge in [-0.15, -0.1) is 11.3 Å². The van der Waals surface area contributed by atoms with Gasteiger partial charge in [0.05, 0.1) is 16.4 Å². The molecule has 2 N–H and O–H groups in total. The first-order valence-electron chi connectivity index (χ1n) is 2.82. The zero-order valence-electron chi connectivity index (χ0n) is 5.11. The number of thiophene rings is 1. The Morgan fingerprint density at radius 3 is 3.30 bits per heavy atom. The standard InChI is InChI=1S/C6H5N3S/c7-6-8-3-5-4(9-6)1-2-10-5/h1-3H,(H2,7,8,9). The van der Waals surface area contributed by atoms with Crippen molar-refractivity contribution in [1.29, 1.82) is 0 Å². The lowest BCUT2D eigenvalue weighted by molar-refractivity contribution is 1.25. The maximum atomic E-state index is 5.37. The summed E-state index contributed by atoms with van der Waals surface area (Å²) in [6.07, 6.45) is 1.74. The Morgan fingerprint density at radius 2 is 2.40 bits per heavy atom. The van der Waals surface area contributed by atoms with E-state index in [4.69, 9.17) is 5.73 Å². The summed E-state index contributed by atoms with van der Waals surface area (Å²) in [7, 11) is 0. The van der Waals surface area contributed by atoms with Crippen LogP contribution in [0.3, 0.4) is 0 Å². The van der Waals surface area contributed by atoms with Crippen LogP contribution in [0.1, 0.15) is 0 Å². The van der Waals surface area contributed by atoms with Gasteiger partial charge in [-0.05, 0) is 11.4 Å². The number of nitrogen functional groups attached to an aromatic ring is 1. The molecular formula is C6H5N3S. The lowest BCUT2D eigenvalue weighted by Crippen LogP contribution is -1.91. The van der Waals surface area contributed by atoms with Crippen LogP contribution in [0.25, 0.3) is 10.2 Å². The summed E-state index contributed by atoms with van der Waals surface area (Å²) in [4.78, 5) is 7.87. The third-order valence-corrected chi connectivity index (χ3v) is 2.06. The molecule has 10 heavy (non-hydrogen) atoms. The van der Waals surface area contributed by atoms with Crippen molar-refractivity contribution in [2.24, 2.45) is 0 Å². The molecular weight excluding hydrogens is 146 g/mol. The molecule has 2 aromatic rings. The SMILES string of the molecule is Nc1ncc2sccc2n1. The van der Waals surface area contributed by atoms with Crippen LogP contribution < -0.4 is 5.73 Å². The molecule has 0 aliphatic heterocycles. The Balaban J connectivity index is 2.86. The van der Waals surface area contributed by atoms with Crippen molar-refractivity contribution in [3.8, 4) is 0 Å². The number of hydrogen-bond acceptors (Lipinski definition) is 4. The number of anilines is 1. The molecule has 0 atom stereocenters. The molecule has 0 amide bonds. The van der Waals surface area contributed by atoms with E-state index in [1.54, 1.807) is 17.5 Å². The average molecular weight is 151 g/mol. The van der Waals surface area contributed by atoms with Crippen molar-refractivity contribution < 1.29 is 0 Å². The molecule has 0 aliphatic carbocycles. The van der Waals surface area contributed by atoms with Crippen LogP contribution in [0, 0.1) is 0 Å². The van der Waals surface area contributed by atoms with Crippen molar-refractivity contribution in [2.75, 3.05) is 5.73 Å². The number of fused-ring (bicyclic) bond motifs is 1. The zero-order valence-corrected chi connectivity index (χ0v) is 5.93. The van der Waals surface area contributed by atoms with Gasteiger partial charge in [0, 0.05) is 0 Å². The summed E-state index contributed by atoms with van der Waals surface area (Å²) in [5, 5.41) is 1.97. The summed E-state index contributed by atoms with van der Waals surface area (Å²) in [6, 6.07) is 1.93. The normalized spacial score (nSPS) is 10.4. The molecule has 4 heteroatoms. The molecule has 0 aromatic carbocycles. The molecule has 2 heterocycles. The van der Waals surface area contributed by atoms with E-state index >= 15 is 0 Å². The summed E-state index contributed by atoms with van der Waals surface area (Å²) in [6.45, 7) is 0. The van der Waals surface area contributed by atoms with Crippen molar-refractivity contribution in [3.63, 3.8) is 0 Å². The topological polar surface area (TPSA) is 51.8 Å². The van der Waals surface area contributed by atoms with E-state index in [-0.39, 0.29) is 0 Å². The van der Waals surface area contributed by atoms with Gasteiger partial charge in [-0.2, -0.15) is 0 Å². The predicted molar refractivity (Wildman–Crippen MR) is 41.8 cm³/mol. The van der Waals surface area contributed by atoms with Gasteiger partial charge in [-0.1, -0.05) is 0 Å². The first-order chi connectivity index (χ1) is 4.86. The fourth-order valence-electron chi connectivity index (χ4n) is 0.780. The molecule has 0 fully saturated rings. The summed E-state index contributed by atoms with van der Waals surface area (Å²) < 4.78 is 1.08. The predicted octanol–water partition coefficient (Wildman–Crippen LogP) is 1.27. The van der Waals surface area contributed by atoms with Gasteiger partial charge >= 0.3 is 0 Å². The molecule has 2 aromatic heterocycles. The van der Waals surface area contributed by atoms with Crippen LogP contribution in [0.2, 0.25) is 0 Å². The number of rotatable bonds is 0. The Morgan fingerprint density at radius 1 is 1.50 bits per heavy atom. The Bertz CT molecular complexity index is 355. The fraction of sp³-hybridized carbons (Fsp3) is 0. The van der Waals surface area contributed by atoms with E-state index in [1.807, 2.05) is 11.4 Å². The van der Waals surface area contributed by atoms with Crippen molar-refractivity contribution in [3.05, 3.63) is 17.6 Å². The molecule has 0 saturated carbocycles. The van der Waals surface area contributed by atoms with Gasteiger partial charge in [0.15, 0.2) is 0 Å². The molecule has 0 bridgehead atoms. The minimum Gasteiger partial charge on any atom is -0.368 e. The molecule has 0 aliphatic rings. The van der Waals surface area contributed by atoms with E-state index in [2.05, 4.69) is 9.97 Å². The van der Waals surface area contributed by atoms with Crippen LogP contribution in [0.15, 0.2) is 17.6 Å². The maximum absolute atomic E-state index is 5.37. The highest BCUT2D eigenvalue weighted by Crippen LogP contribution is 2.17. The lowest BCUT2D eigenvalue weighted by atomic mass is 10.5. The highest BCUT2D eigenvalue weighted by molar-refractivity contribution is 7.17. The van der Waals surface area contributed by atoms with Crippen LogP contribution in [0.5, 0.6) is 0 Å². The number of nitrogens with two attached hydrogens (primary N) is 1. The van der Waals surface area contributed by atoms with E-state index in [9.17, 15) is 0 Å². The fourth-order valence-corrected chi connectivity index (χ4v) is 1.47. The van der Waals surface area contributed by atoms with E-state index < -0.39 is 0 Å². The maximum Gasteiger partial charge on any atom is 0.220 e. The first kappa shape index (κ1) is 5.61. The molecule has 50 valence electrons. The molecule has 3 nitrogen and oxygen atoms in total. The van der Waals surface area contributed by atoms with E-state index in [0.717, 1.165) is 10.2 Å². The summed E-state index contributed by atoms with van der Waals surface area (Å²) in [5.74, 6) is 0.339. The van der Waals surface area contributed by atoms with Gasteiger partial charge in [-0.3, -0.25) is 0 Å². The molecule has 0 unspecified atom stereocenters. The van der Waals surface area contributed by atoms with Crippen molar-refractivity contribution >= 4 is 27.5 Å². The highest BCUT2D eigenvalue weighted by atomic mass is 32.1. The smallest absolute Gasteiger partial charge is 0.220 e. The van der Waals surface area contributed by atoms with Gasteiger partial charge in [-0.25, -0.2) is 9.97 Å². The Hall–Kier alpha value is -1.16. The highest BCUT2D eigenvalue weighted by Gasteiger charge is 1.95. The van der Waals surface area contributed by atoms with Crippen LogP contribution in [-0.2, 0) is 0 Å². The Labute approximate surface area is 61.5 Å². The minimum atomic E-state index is 0.339. The largest absolute Gasteiger partial charge is 0.368 e. The van der Waals surface area contributed by atoms with Crippen LogP contribution in [-0.4, -0.2) is 9.97 Å². The third kappa shape index (κ3) is 0.733. The van der Waals surface area contributed by atoms with E-state index in [0.29, 0.717) is 5.95 Å². The van der Waals surface area contributed by atoms with Gasteiger partial charge in [0.25, 0.3) is 0 Å². The third-order valence-electron chi connectivity index (χ3n) is 1.22. The number of hydrogen-bond donors (Lipinski definition) is 1. The van der Waals surface area contributed by atoms with Gasteiger partial charge < -0.3 is 5.73 Å². The number of nitrogens with zero attached hydrogens (tertiary/aromatic N) is 2. The quantitative estimate of drug-likeness (QED) is 0.617. The second-order valence-electron chi connectivity index (χ2n) is 1.90. The van der Waals surface area contributed by atoms with E-state index in [1.165, 1.54) is 0 Å². The number of aromatic nitrogens is 2. The van der Waals surface area contributed by atoms with Crippen molar-refractivity contribution in [1.82, 2.24) is 9.97 Å². The second kappa shape index (κ2) is 1.91.